The van der Waals surface area contributed by atoms with Crippen molar-refractivity contribution in [2.75, 3.05) is 0 Å². The summed E-state index contributed by atoms with van der Waals surface area (Å²) in [4.78, 5) is 0. The van der Waals surface area contributed by atoms with E-state index in [4.69, 9.17) is 11.6 Å². The van der Waals surface area contributed by atoms with E-state index in [0.717, 1.165) is 47.1 Å². The monoisotopic (exact) mass is 370 g/mol. The molecular weight excluding hydrogens is 358 g/mol. The zero-order chi connectivity index (χ0) is 17.8. The minimum absolute atomic E-state index is 0.206. The maximum Gasteiger partial charge on any atom is 0.154 e. The topological polar surface area (TPSA) is 46.5 Å². The van der Waals surface area contributed by atoms with Crippen molar-refractivity contribution in [1.82, 2.24) is 20.0 Å². The number of hydrogen-bond acceptors (Lipinski definition) is 2. The first-order valence-electron chi connectivity index (χ1n) is 8.30. The molecule has 0 atom stereocenters. The number of aromatic amines is 1. The van der Waals surface area contributed by atoms with Gasteiger partial charge in [-0.05, 0) is 36.6 Å². The van der Waals surface area contributed by atoms with E-state index in [9.17, 15) is 8.78 Å². The molecule has 0 aliphatic carbocycles. The molecule has 4 nitrogen and oxygen atoms in total. The molecule has 2 aromatic heterocycles. The molecule has 0 unspecified atom stereocenters. The van der Waals surface area contributed by atoms with Gasteiger partial charge in [0, 0.05) is 28.8 Å². The van der Waals surface area contributed by atoms with Crippen molar-refractivity contribution >= 4 is 22.5 Å². The summed E-state index contributed by atoms with van der Waals surface area (Å²) < 4.78 is 30.2. The number of aromatic nitrogens is 4. The number of H-pyrrole nitrogens is 1. The van der Waals surface area contributed by atoms with Crippen molar-refractivity contribution in [3.63, 3.8) is 0 Å². The molecule has 7 heteroatoms. The predicted molar refractivity (Wildman–Crippen MR) is 96.0 cm³/mol. The van der Waals surface area contributed by atoms with Crippen LogP contribution in [-0.2, 0) is 13.0 Å². The lowest BCUT2D eigenvalue weighted by atomic mass is 9.97. The zero-order valence-electron chi connectivity index (χ0n) is 13.6. The van der Waals surface area contributed by atoms with Gasteiger partial charge in [0.25, 0.3) is 0 Å². The van der Waals surface area contributed by atoms with Gasteiger partial charge in [0.15, 0.2) is 5.82 Å². The van der Waals surface area contributed by atoms with Crippen molar-refractivity contribution in [1.29, 1.82) is 0 Å². The molecule has 0 fully saturated rings. The smallest absolute Gasteiger partial charge is 0.154 e. The molecule has 0 bridgehead atoms. The van der Waals surface area contributed by atoms with Crippen molar-refractivity contribution in [2.45, 2.75) is 19.4 Å². The average molecular weight is 371 g/mol. The largest absolute Gasteiger partial charge is 0.278 e. The molecule has 1 aliphatic rings. The number of benzene rings is 2. The predicted octanol–water partition coefficient (Wildman–Crippen LogP) is 4.97. The summed E-state index contributed by atoms with van der Waals surface area (Å²) in [6, 6.07) is 8.48. The van der Waals surface area contributed by atoms with E-state index in [-0.39, 0.29) is 5.56 Å². The molecule has 5 rings (SSSR count). The molecule has 0 spiro atoms. The third-order valence-electron chi connectivity index (χ3n) is 4.86. The molecule has 26 heavy (non-hydrogen) atoms. The average Bonchev–Trinajstić information content (AvgIpc) is 3.34. The van der Waals surface area contributed by atoms with Gasteiger partial charge in [-0.25, -0.2) is 8.78 Å². The van der Waals surface area contributed by atoms with Crippen LogP contribution in [0.1, 0.15) is 12.1 Å². The standard InChI is InChI=1S/C19H13ClF2N4/c20-17-13(21)6-5-12(18(17)22)19-16(15-2-1-7-26(15)25-19)10-3-4-11-9-23-24-14(11)8-10/h3-6,8-9H,1-2,7H2,(H,23,24). The molecule has 1 aliphatic heterocycles. The van der Waals surface area contributed by atoms with Gasteiger partial charge in [-0.1, -0.05) is 23.7 Å². The van der Waals surface area contributed by atoms with Gasteiger partial charge in [0.2, 0.25) is 0 Å². The summed E-state index contributed by atoms with van der Waals surface area (Å²) in [7, 11) is 0. The highest BCUT2D eigenvalue weighted by atomic mass is 35.5. The van der Waals surface area contributed by atoms with Crippen LogP contribution in [0.15, 0.2) is 36.5 Å². The first-order valence-corrected chi connectivity index (χ1v) is 8.68. The fraction of sp³-hybridized carbons (Fsp3) is 0.158. The van der Waals surface area contributed by atoms with E-state index >= 15 is 0 Å². The maximum atomic E-state index is 14.7. The first-order chi connectivity index (χ1) is 12.6. The normalized spacial score (nSPS) is 13.5. The summed E-state index contributed by atoms with van der Waals surface area (Å²) in [5, 5.41) is 12.1. The van der Waals surface area contributed by atoms with E-state index in [0.29, 0.717) is 5.69 Å². The summed E-state index contributed by atoms with van der Waals surface area (Å²) in [5.74, 6) is -1.56. The highest BCUT2D eigenvalue weighted by Crippen LogP contribution is 2.40. The van der Waals surface area contributed by atoms with Crippen LogP contribution < -0.4 is 0 Å². The Morgan fingerprint density at radius 2 is 2.04 bits per heavy atom. The quantitative estimate of drug-likeness (QED) is 0.506. The summed E-state index contributed by atoms with van der Waals surface area (Å²) in [5.41, 5.74) is 4.42. The molecule has 0 amide bonds. The lowest BCUT2D eigenvalue weighted by Crippen LogP contribution is -1.95. The Kier molecular flexibility index (Phi) is 3.37. The van der Waals surface area contributed by atoms with E-state index < -0.39 is 16.7 Å². The Bertz CT molecular complexity index is 1160. The second-order valence-corrected chi connectivity index (χ2v) is 6.77. The van der Waals surface area contributed by atoms with Gasteiger partial charge in [-0.15, -0.1) is 0 Å². The highest BCUT2D eigenvalue weighted by molar-refractivity contribution is 6.31. The lowest BCUT2D eigenvalue weighted by Gasteiger charge is -2.08. The number of rotatable bonds is 2. The van der Waals surface area contributed by atoms with Crippen LogP contribution in [0.25, 0.3) is 33.3 Å². The Balaban J connectivity index is 1.79. The molecule has 2 aromatic carbocycles. The molecule has 0 radical (unpaired) electrons. The van der Waals surface area contributed by atoms with Gasteiger partial charge in [-0.2, -0.15) is 10.2 Å². The van der Waals surface area contributed by atoms with Gasteiger partial charge in [0.05, 0.1) is 11.7 Å². The second kappa shape index (κ2) is 5.64. The van der Waals surface area contributed by atoms with Crippen LogP contribution in [0.3, 0.4) is 0 Å². The number of halogens is 3. The third-order valence-corrected chi connectivity index (χ3v) is 5.21. The van der Waals surface area contributed by atoms with Crippen molar-refractivity contribution in [3.05, 3.63) is 58.9 Å². The van der Waals surface area contributed by atoms with E-state index in [1.54, 1.807) is 6.20 Å². The van der Waals surface area contributed by atoms with Crippen LogP contribution in [0.4, 0.5) is 8.78 Å². The summed E-state index contributed by atoms with van der Waals surface area (Å²) >= 11 is 5.79. The van der Waals surface area contributed by atoms with Gasteiger partial charge in [0.1, 0.15) is 16.5 Å². The minimum atomic E-state index is -0.785. The maximum absolute atomic E-state index is 14.7. The fourth-order valence-corrected chi connectivity index (χ4v) is 3.79. The Hall–Kier alpha value is -2.73. The molecular formula is C19H13ClF2N4. The number of aryl methyl sites for hydroxylation is 1. The van der Waals surface area contributed by atoms with Crippen LogP contribution in [0, 0.1) is 11.6 Å². The van der Waals surface area contributed by atoms with Crippen LogP contribution in [-0.4, -0.2) is 20.0 Å². The molecule has 130 valence electrons. The van der Waals surface area contributed by atoms with Gasteiger partial charge in [-0.3, -0.25) is 9.78 Å². The first kappa shape index (κ1) is 15.5. The second-order valence-electron chi connectivity index (χ2n) is 6.39. The number of nitrogens with one attached hydrogen (secondary N) is 1. The SMILES string of the molecule is Fc1ccc(-c2nn3c(c2-c2ccc4cn[nH]c4c2)CCC3)c(F)c1Cl. The van der Waals surface area contributed by atoms with Gasteiger partial charge < -0.3 is 0 Å². The van der Waals surface area contributed by atoms with Gasteiger partial charge >= 0.3 is 0 Å². The van der Waals surface area contributed by atoms with E-state index in [2.05, 4.69) is 15.3 Å². The number of nitrogens with zero attached hydrogens (tertiary/aromatic N) is 3. The Labute approximate surface area is 152 Å². The summed E-state index contributed by atoms with van der Waals surface area (Å²) in [6.45, 7) is 0.783. The highest BCUT2D eigenvalue weighted by Gasteiger charge is 2.26. The van der Waals surface area contributed by atoms with E-state index in [1.807, 2.05) is 22.9 Å². The molecule has 1 N–H and O–H groups in total. The van der Waals surface area contributed by atoms with Crippen molar-refractivity contribution in [2.24, 2.45) is 0 Å². The number of hydrogen-bond donors (Lipinski definition) is 1. The molecule has 3 heterocycles. The lowest BCUT2D eigenvalue weighted by molar-refractivity contribution is 0.585. The van der Waals surface area contributed by atoms with Crippen molar-refractivity contribution in [3.8, 4) is 22.4 Å². The fourth-order valence-electron chi connectivity index (χ4n) is 3.63. The Morgan fingerprint density at radius 3 is 2.92 bits per heavy atom. The van der Waals surface area contributed by atoms with Crippen molar-refractivity contribution < 1.29 is 8.78 Å². The Morgan fingerprint density at radius 1 is 1.15 bits per heavy atom. The van der Waals surface area contributed by atoms with Crippen LogP contribution >= 0.6 is 11.6 Å². The van der Waals surface area contributed by atoms with E-state index in [1.165, 1.54) is 12.1 Å². The zero-order valence-corrected chi connectivity index (χ0v) is 14.3. The third kappa shape index (κ3) is 2.18. The van der Waals surface area contributed by atoms with Crippen LogP contribution in [0.2, 0.25) is 5.02 Å². The van der Waals surface area contributed by atoms with Crippen LogP contribution in [0.5, 0.6) is 0 Å². The molecule has 0 saturated carbocycles. The molecule has 4 aromatic rings. The number of fused-ring (bicyclic) bond motifs is 2. The molecule has 0 saturated heterocycles. The summed E-state index contributed by atoms with van der Waals surface area (Å²) in [6.07, 6.45) is 3.61. The minimum Gasteiger partial charge on any atom is -0.278 e.